The van der Waals surface area contributed by atoms with E-state index in [2.05, 4.69) is 19.3 Å². The van der Waals surface area contributed by atoms with Crippen molar-refractivity contribution in [1.29, 1.82) is 0 Å². The molecule has 0 radical (unpaired) electrons. The maximum absolute atomic E-state index is 11.4. The molecule has 0 bridgehead atoms. The summed E-state index contributed by atoms with van der Waals surface area (Å²) in [5.74, 6) is -0.0817. The van der Waals surface area contributed by atoms with Crippen LogP contribution in [0.2, 0.25) is 0 Å². The first-order chi connectivity index (χ1) is 10.9. The number of hydrogen-bond donors (Lipinski definition) is 1. The Kier molecular flexibility index (Phi) is 6.09. The predicted octanol–water partition coefficient (Wildman–Crippen LogP) is 0.629. The summed E-state index contributed by atoms with van der Waals surface area (Å²) in [4.78, 5) is 17.9. The van der Waals surface area contributed by atoms with Gasteiger partial charge in [0.25, 0.3) is 0 Å². The number of nitrogens with one attached hydrogen (secondary N) is 1. The Balaban J connectivity index is 1.88. The molecule has 0 spiro atoms. The fraction of sp³-hybridized carbons (Fsp3) is 0.600. The minimum atomic E-state index is -3.14. The van der Waals surface area contributed by atoms with E-state index in [1.165, 1.54) is 19.6 Å². The van der Waals surface area contributed by atoms with E-state index in [0.29, 0.717) is 24.6 Å². The summed E-state index contributed by atoms with van der Waals surface area (Å²) in [6.07, 6.45) is 4.76. The highest BCUT2D eigenvalue weighted by Crippen LogP contribution is 2.18. The van der Waals surface area contributed by atoms with Crippen LogP contribution >= 0.6 is 0 Å². The highest BCUT2D eigenvalue weighted by atomic mass is 32.2. The molecule has 8 heteroatoms. The number of likely N-dealkylation sites (tertiary alicyclic amines) is 1. The van der Waals surface area contributed by atoms with Gasteiger partial charge in [0.1, 0.15) is 0 Å². The van der Waals surface area contributed by atoms with E-state index in [-0.39, 0.29) is 0 Å². The zero-order valence-corrected chi connectivity index (χ0v) is 14.3. The first kappa shape index (κ1) is 17.8. The zero-order valence-electron chi connectivity index (χ0n) is 13.5. The maximum atomic E-state index is 11.4. The second kappa shape index (κ2) is 7.85. The van der Waals surface area contributed by atoms with Crippen molar-refractivity contribution >= 4 is 16.0 Å². The number of nitrogens with zero attached hydrogens (tertiary/aromatic N) is 2. The highest BCUT2D eigenvalue weighted by molar-refractivity contribution is 7.88. The first-order valence-corrected chi connectivity index (χ1v) is 9.47. The average Bonchev–Trinajstić information content (AvgIpc) is 2.53. The number of ether oxygens (including phenoxy) is 1. The number of sulfonamides is 1. The average molecular weight is 341 g/mol. The summed E-state index contributed by atoms with van der Waals surface area (Å²) in [5, 5.41) is 0. The molecule has 1 aliphatic rings. The van der Waals surface area contributed by atoms with Crippen LogP contribution in [0, 0.1) is 5.92 Å². The van der Waals surface area contributed by atoms with Crippen molar-refractivity contribution in [3.05, 3.63) is 29.6 Å². The molecule has 0 saturated carbocycles. The Morgan fingerprint density at radius 2 is 2.26 bits per heavy atom. The number of carbonyl (C=O) groups excluding carboxylic acids is 1. The fourth-order valence-electron chi connectivity index (χ4n) is 2.72. The smallest absolute Gasteiger partial charge is 0.339 e. The van der Waals surface area contributed by atoms with Crippen LogP contribution in [-0.4, -0.2) is 57.3 Å². The molecule has 1 saturated heterocycles. The van der Waals surface area contributed by atoms with E-state index in [0.717, 1.165) is 31.6 Å². The Bertz CT molecular complexity index is 631. The van der Waals surface area contributed by atoms with Gasteiger partial charge in [-0.2, -0.15) is 0 Å². The summed E-state index contributed by atoms with van der Waals surface area (Å²) in [5.41, 5.74) is 1.32. The van der Waals surface area contributed by atoms with E-state index in [4.69, 9.17) is 0 Å². The van der Waals surface area contributed by atoms with Gasteiger partial charge in [0.2, 0.25) is 10.0 Å². The Morgan fingerprint density at radius 1 is 1.48 bits per heavy atom. The normalized spacial score (nSPS) is 19.5. The molecule has 128 valence electrons. The molecule has 1 fully saturated rings. The molecular formula is C15H23N3O4S. The Morgan fingerprint density at radius 3 is 2.87 bits per heavy atom. The third-order valence-electron chi connectivity index (χ3n) is 3.87. The Labute approximate surface area is 137 Å². The number of carbonyl (C=O) groups is 1. The lowest BCUT2D eigenvalue weighted by Crippen LogP contribution is -2.40. The molecule has 0 aromatic carbocycles. The number of pyridine rings is 1. The van der Waals surface area contributed by atoms with Crippen LogP contribution < -0.4 is 4.72 Å². The second-order valence-electron chi connectivity index (χ2n) is 5.89. The van der Waals surface area contributed by atoms with Gasteiger partial charge < -0.3 is 4.74 Å². The molecule has 1 aliphatic heterocycles. The van der Waals surface area contributed by atoms with Gasteiger partial charge in [-0.15, -0.1) is 0 Å². The molecule has 0 aliphatic carbocycles. The lowest BCUT2D eigenvalue weighted by Gasteiger charge is -2.32. The molecule has 1 aromatic rings. The quantitative estimate of drug-likeness (QED) is 0.764. The van der Waals surface area contributed by atoms with Crippen molar-refractivity contribution in [2.24, 2.45) is 5.92 Å². The van der Waals surface area contributed by atoms with Gasteiger partial charge in [0.05, 0.1) is 24.6 Å². The van der Waals surface area contributed by atoms with Gasteiger partial charge in [-0.25, -0.2) is 17.9 Å². The van der Waals surface area contributed by atoms with E-state index < -0.39 is 16.0 Å². The third-order valence-corrected chi connectivity index (χ3v) is 4.56. The second-order valence-corrected chi connectivity index (χ2v) is 7.73. The van der Waals surface area contributed by atoms with Gasteiger partial charge in [-0.1, -0.05) is 0 Å². The van der Waals surface area contributed by atoms with Crippen molar-refractivity contribution in [1.82, 2.24) is 14.6 Å². The van der Waals surface area contributed by atoms with Crippen LogP contribution in [0.25, 0.3) is 0 Å². The van der Waals surface area contributed by atoms with Gasteiger partial charge in [-0.3, -0.25) is 9.88 Å². The van der Waals surface area contributed by atoms with Gasteiger partial charge >= 0.3 is 5.97 Å². The van der Waals surface area contributed by atoms with Crippen LogP contribution in [0.3, 0.4) is 0 Å². The van der Waals surface area contributed by atoms with Crippen molar-refractivity contribution < 1.29 is 17.9 Å². The summed E-state index contributed by atoms with van der Waals surface area (Å²) < 4.78 is 29.6. The molecule has 2 rings (SSSR count). The fourth-order valence-corrected chi connectivity index (χ4v) is 3.25. The van der Waals surface area contributed by atoms with Crippen LogP contribution in [0.5, 0.6) is 0 Å². The number of esters is 1. The number of hydrogen-bond acceptors (Lipinski definition) is 6. The summed E-state index contributed by atoms with van der Waals surface area (Å²) in [6.45, 7) is 2.97. The van der Waals surface area contributed by atoms with Crippen LogP contribution in [0.1, 0.15) is 28.9 Å². The molecule has 23 heavy (non-hydrogen) atoms. The van der Waals surface area contributed by atoms with Crippen molar-refractivity contribution in [3.8, 4) is 0 Å². The molecule has 2 heterocycles. The SMILES string of the molecule is COC(=O)c1ccc(CN2CCCC(CNS(C)(=O)=O)C2)nc1. The van der Waals surface area contributed by atoms with Crippen molar-refractivity contribution in [3.63, 3.8) is 0 Å². The summed E-state index contributed by atoms with van der Waals surface area (Å²) in [6, 6.07) is 3.53. The van der Waals surface area contributed by atoms with E-state index in [9.17, 15) is 13.2 Å². The number of rotatable bonds is 6. The highest BCUT2D eigenvalue weighted by Gasteiger charge is 2.21. The van der Waals surface area contributed by atoms with Crippen LogP contribution in [0.15, 0.2) is 18.3 Å². The molecule has 1 atom stereocenters. The Hall–Kier alpha value is -1.51. The molecule has 7 nitrogen and oxygen atoms in total. The van der Waals surface area contributed by atoms with Crippen LogP contribution in [-0.2, 0) is 21.3 Å². The van der Waals surface area contributed by atoms with E-state index in [1.54, 1.807) is 6.07 Å². The van der Waals surface area contributed by atoms with Gasteiger partial charge in [0.15, 0.2) is 0 Å². The van der Waals surface area contributed by atoms with Crippen LogP contribution in [0.4, 0.5) is 0 Å². The van der Waals surface area contributed by atoms with E-state index in [1.807, 2.05) is 6.07 Å². The number of aromatic nitrogens is 1. The van der Waals surface area contributed by atoms with Gasteiger partial charge in [0, 0.05) is 25.8 Å². The third kappa shape index (κ3) is 5.89. The first-order valence-electron chi connectivity index (χ1n) is 7.57. The van der Waals surface area contributed by atoms with Crippen molar-refractivity contribution in [2.45, 2.75) is 19.4 Å². The minimum Gasteiger partial charge on any atom is -0.465 e. The number of piperidine rings is 1. The zero-order chi connectivity index (χ0) is 16.9. The van der Waals surface area contributed by atoms with E-state index >= 15 is 0 Å². The lowest BCUT2D eigenvalue weighted by atomic mass is 9.98. The number of methoxy groups -OCH3 is 1. The minimum absolute atomic E-state index is 0.313. The topological polar surface area (TPSA) is 88.6 Å². The predicted molar refractivity (Wildman–Crippen MR) is 86.4 cm³/mol. The molecular weight excluding hydrogens is 318 g/mol. The molecule has 1 aromatic heterocycles. The summed E-state index contributed by atoms with van der Waals surface area (Å²) >= 11 is 0. The molecule has 1 unspecified atom stereocenters. The van der Waals surface area contributed by atoms with Gasteiger partial charge in [-0.05, 0) is 37.4 Å². The standard InChI is InChI=1S/C15H23N3O4S/c1-22-15(19)13-5-6-14(16-9-13)11-18-7-3-4-12(10-18)8-17-23(2,20)21/h5-6,9,12,17H,3-4,7-8,10-11H2,1-2H3. The molecule has 0 amide bonds. The largest absolute Gasteiger partial charge is 0.465 e. The maximum Gasteiger partial charge on any atom is 0.339 e. The monoisotopic (exact) mass is 341 g/mol. The molecule has 1 N–H and O–H groups in total. The van der Waals surface area contributed by atoms with Crippen molar-refractivity contribution in [2.75, 3.05) is 33.0 Å². The summed E-state index contributed by atoms with van der Waals surface area (Å²) in [7, 11) is -1.80. The lowest BCUT2D eigenvalue weighted by molar-refractivity contribution is 0.0600.